The van der Waals surface area contributed by atoms with Crippen LogP contribution in [-0.4, -0.2) is 12.1 Å². The van der Waals surface area contributed by atoms with Gasteiger partial charge in [-0.3, -0.25) is 4.79 Å². The molecule has 2 aromatic carbocycles. The number of rotatable bonds is 3. The minimum atomic E-state index is -2.27. The number of nitrogens with zero attached hydrogens (tertiary/aromatic N) is 1. The van der Waals surface area contributed by atoms with Crippen molar-refractivity contribution in [2.45, 2.75) is 0 Å². The summed E-state index contributed by atoms with van der Waals surface area (Å²) >= 11 is 3.17. The van der Waals surface area contributed by atoms with Gasteiger partial charge >= 0.3 is 0 Å². The van der Waals surface area contributed by atoms with Gasteiger partial charge in [-0.2, -0.15) is 5.10 Å². The van der Waals surface area contributed by atoms with Crippen molar-refractivity contribution in [3.8, 4) is 0 Å². The van der Waals surface area contributed by atoms with Crippen LogP contribution in [0.2, 0.25) is 0 Å². The highest BCUT2D eigenvalue weighted by Gasteiger charge is 2.24. The van der Waals surface area contributed by atoms with Crippen molar-refractivity contribution in [1.82, 2.24) is 5.43 Å². The maximum Gasteiger partial charge on any atom is 0.271 e. The second-order valence-corrected chi connectivity index (χ2v) is 5.11. The highest BCUT2D eigenvalue weighted by atomic mass is 79.9. The number of carbonyl (C=O) groups is 1. The topological polar surface area (TPSA) is 41.5 Å². The zero-order valence-electron chi connectivity index (χ0n) is 11.0. The number of hydrogen-bond acceptors (Lipinski definition) is 2. The summed E-state index contributed by atoms with van der Waals surface area (Å²) in [7, 11) is 0. The molecule has 120 valence electrons. The fraction of sp³-hybridized carbons (Fsp3) is 0. The first-order chi connectivity index (χ1) is 10.8. The van der Waals surface area contributed by atoms with Crippen LogP contribution < -0.4 is 5.43 Å². The van der Waals surface area contributed by atoms with Crippen LogP contribution in [0.1, 0.15) is 15.9 Å². The Hall–Kier alpha value is -2.29. The van der Waals surface area contributed by atoms with E-state index in [0.29, 0.717) is 6.21 Å². The minimum absolute atomic E-state index is 0.183. The Balaban J connectivity index is 2.21. The Labute approximate surface area is 134 Å². The van der Waals surface area contributed by atoms with Crippen LogP contribution in [-0.2, 0) is 0 Å². The number of halogens is 6. The first-order valence-electron chi connectivity index (χ1n) is 5.93. The molecule has 0 heterocycles. The third-order valence-electron chi connectivity index (χ3n) is 2.71. The van der Waals surface area contributed by atoms with Gasteiger partial charge in [0, 0.05) is 10.0 Å². The molecule has 0 bridgehead atoms. The lowest BCUT2D eigenvalue weighted by Gasteiger charge is -2.04. The molecule has 0 aliphatic heterocycles. The van der Waals surface area contributed by atoms with E-state index in [1.807, 2.05) is 5.43 Å². The van der Waals surface area contributed by atoms with Crippen molar-refractivity contribution in [3.05, 3.63) is 69.0 Å². The van der Waals surface area contributed by atoms with Gasteiger partial charge < -0.3 is 0 Å². The molecule has 1 N–H and O–H groups in total. The second-order valence-electron chi connectivity index (χ2n) is 4.19. The van der Waals surface area contributed by atoms with Gasteiger partial charge in [-0.05, 0) is 24.3 Å². The minimum Gasteiger partial charge on any atom is -0.267 e. The zero-order valence-corrected chi connectivity index (χ0v) is 12.6. The summed E-state index contributed by atoms with van der Waals surface area (Å²) in [5, 5.41) is 3.20. The molecule has 0 saturated heterocycles. The number of hydrogen-bond donors (Lipinski definition) is 1. The summed E-state index contributed by atoms with van der Waals surface area (Å²) in [5.74, 6) is -11.3. The van der Waals surface area contributed by atoms with Crippen molar-refractivity contribution in [2.24, 2.45) is 5.10 Å². The standard InChI is InChI=1S/C14H6BrF5N2O/c15-7-3-1-6(2-4-7)14(23)22-21-5-8-9(16)11(18)13(20)12(19)10(8)17/h1-5H,(H,22,23)/b21-5+. The summed E-state index contributed by atoms with van der Waals surface area (Å²) in [6.45, 7) is 0. The number of amides is 1. The fourth-order valence-corrected chi connectivity index (χ4v) is 1.82. The Morgan fingerprint density at radius 3 is 1.91 bits per heavy atom. The zero-order chi connectivity index (χ0) is 17.1. The van der Waals surface area contributed by atoms with E-state index < -0.39 is 40.6 Å². The first kappa shape index (κ1) is 17.1. The van der Waals surface area contributed by atoms with E-state index in [9.17, 15) is 26.7 Å². The predicted octanol–water partition coefficient (Wildman–Crippen LogP) is 3.91. The third-order valence-corrected chi connectivity index (χ3v) is 3.24. The lowest BCUT2D eigenvalue weighted by Crippen LogP contribution is -2.18. The van der Waals surface area contributed by atoms with Crippen molar-refractivity contribution in [1.29, 1.82) is 0 Å². The first-order valence-corrected chi connectivity index (χ1v) is 6.72. The van der Waals surface area contributed by atoms with E-state index in [1.165, 1.54) is 12.1 Å². The van der Waals surface area contributed by atoms with Gasteiger partial charge in [-0.15, -0.1) is 0 Å². The summed E-state index contributed by atoms with van der Waals surface area (Å²) in [5.41, 5.74) is 0.849. The van der Waals surface area contributed by atoms with E-state index in [4.69, 9.17) is 0 Å². The Morgan fingerprint density at radius 2 is 1.39 bits per heavy atom. The molecular weight excluding hydrogens is 387 g/mol. The molecule has 2 rings (SSSR count). The molecule has 0 unspecified atom stereocenters. The van der Waals surface area contributed by atoms with E-state index in [-0.39, 0.29) is 5.56 Å². The monoisotopic (exact) mass is 392 g/mol. The van der Waals surface area contributed by atoms with Crippen molar-refractivity contribution >= 4 is 28.1 Å². The molecule has 0 fully saturated rings. The van der Waals surface area contributed by atoms with Crippen molar-refractivity contribution in [2.75, 3.05) is 0 Å². The SMILES string of the molecule is O=C(N/N=C/c1c(F)c(F)c(F)c(F)c1F)c1ccc(Br)cc1. The molecule has 1 amide bonds. The van der Waals surface area contributed by atoms with Gasteiger partial charge in [0.05, 0.1) is 11.8 Å². The molecule has 0 saturated carbocycles. The van der Waals surface area contributed by atoms with Gasteiger partial charge in [0.25, 0.3) is 5.91 Å². The molecular formula is C14H6BrF5N2O. The molecule has 0 radical (unpaired) electrons. The van der Waals surface area contributed by atoms with Gasteiger partial charge in [0.2, 0.25) is 5.82 Å². The summed E-state index contributed by atoms with van der Waals surface area (Å²) in [4.78, 5) is 11.7. The predicted molar refractivity (Wildman–Crippen MR) is 75.4 cm³/mol. The normalized spacial score (nSPS) is 11.0. The third kappa shape index (κ3) is 3.55. The van der Waals surface area contributed by atoms with Crippen LogP contribution in [0.25, 0.3) is 0 Å². The average molecular weight is 393 g/mol. The number of hydrazone groups is 1. The average Bonchev–Trinajstić information content (AvgIpc) is 2.54. The van der Waals surface area contributed by atoms with Crippen molar-refractivity contribution < 1.29 is 26.7 Å². The number of benzene rings is 2. The molecule has 0 spiro atoms. The number of nitrogens with one attached hydrogen (secondary N) is 1. The van der Waals surface area contributed by atoms with Crippen LogP contribution in [0.4, 0.5) is 22.0 Å². The summed E-state index contributed by atoms with van der Waals surface area (Å²) in [6, 6.07) is 6.02. The van der Waals surface area contributed by atoms with Gasteiger partial charge in [-0.1, -0.05) is 15.9 Å². The largest absolute Gasteiger partial charge is 0.271 e. The quantitative estimate of drug-likeness (QED) is 0.278. The molecule has 0 aliphatic carbocycles. The lowest BCUT2D eigenvalue weighted by atomic mass is 10.2. The van der Waals surface area contributed by atoms with Crippen LogP contribution in [0.15, 0.2) is 33.8 Å². The number of carbonyl (C=O) groups excluding carboxylic acids is 1. The van der Waals surface area contributed by atoms with Gasteiger partial charge in [0.15, 0.2) is 23.3 Å². The Morgan fingerprint density at radius 1 is 0.913 bits per heavy atom. The maximum absolute atomic E-state index is 13.4. The molecule has 3 nitrogen and oxygen atoms in total. The smallest absolute Gasteiger partial charge is 0.267 e. The van der Waals surface area contributed by atoms with Gasteiger partial charge in [-0.25, -0.2) is 27.4 Å². The molecule has 23 heavy (non-hydrogen) atoms. The van der Waals surface area contributed by atoms with E-state index in [2.05, 4.69) is 21.0 Å². The van der Waals surface area contributed by atoms with Gasteiger partial charge in [0.1, 0.15) is 0 Å². The fourth-order valence-electron chi connectivity index (χ4n) is 1.56. The van der Waals surface area contributed by atoms with E-state index in [1.54, 1.807) is 12.1 Å². The summed E-state index contributed by atoms with van der Waals surface area (Å²) in [6.07, 6.45) is 0.340. The maximum atomic E-state index is 13.4. The highest BCUT2D eigenvalue weighted by Crippen LogP contribution is 2.21. The molecule has 2 aromatic rings. The van der Waals surface area contributed by atoms with E-state index >= 15 is 0 Å². The lowest BCUT2D eigenvalue weighted by molar-refractivity contribution is 0.0955. The van der Waals surface area contributed by atoms with Crippen LogP contribution in [0.3, 0.4) is 0 Å². The second kappa shape index (κ2) is 6.86. The van der Waals surface area contributed by atoms with Crippen molar-refractivity contribution in [3.63, 3.8) is 0 Å². The molecule has 0 aliphatic rings. The molecule has 0 atom stereocenters. The van der Waals surface area contributed by atoms with E-state index in [0.717, 1.165) is 4.47 Å². The Kier molecular flexibility index (Phi) is 5.09. The van der Waals surface area contributed by atoms with Crippen LogP contribution in [0, 0.1) is 29.1 Å². The van der Waals surface area contributed by atoms with Crippen LogP contribution in [0.5, 0.6) is 0 Å². The van der Waals surface area contributed by atoms with Crippen LogP contribution >= 0.6 is 15.9 Å². The molecule has 9 heteroatoms. The summed E-state index contributed by atoms with van der Waals surface area (Å²) < 4.78 is 66.3. The highest BCUT2D eigenvalue weighted by molar-refractivity contribution is 9.10. The molecule has 0 aromatic heterocycles. The Bertz CT molecular complexity index is 764.